The third kappa shape index (κ3) is 7.74. The van der Waals surface area contributed by atoms with Crippen molar-refractivity contribution in [2.75, 3.05) is 19.8 Å². The van der Waals surface area contributed by atoms with E-state index < -0.39 is 15.7 Å². The minimum atomic E-state index is -3.21. The van der Waals surface area contributed by atoms with Crippen LogP contribution in [-0.2, 0) is 34.0 Å². The Morgan fingerprint density at radius 1 is 1.24 bits per heavy atom. The molecule has 2 rings (SSSR count). The Morgan fingerprint density at radius 3 is 2.55 bits per heavy atom. The first kappa shape index (κ1) is 23.3. The predicted octanol–water partition coefficient (Wildman–Crippen LogP) is 3.03. The Bertz CT molecular complexity index is 963. The van der Waals surface area contributed by atoms with Crippen molar-refractivity contribution in [3.8, 4) is 0 Å². The van der Waals surface area contributed by atoms with Crippen molar-refractivity contribution in [3.05, 3.63) is 51.2 Å². The van der Waals surface area contributed by atoms with E-state index in [9.17, 15) is 12.8 Å². The first-order valence-corrected chi connectivity index (χ1v) is 12.3. The minimum absolute atomic E-state index is 0.0361. The molecule has 1 aromatic heterocycles. The summed E-state index contributed by atoms with van der Waals surface area (Å²) in [6, 6.07) is 4.14. The first-order chi connectivity index (χ1) is 13.5. The zero-order chi connectivity index (χ0) is 21.7. The summed E-state index contributed by atoms with van der Waals surface area (Å²) in [5.74, 6) is 0.0313. The van der Waals surface area contributed by atoms with Crippen LogP contribution in [0.1, 0.15) is 42.6 Å². The lowest BCUT2D eigenvalue weighted by atomic mass is 9.93. The number of aliphatic imine (C=N–C) groups is 1. The smallest absolute Gasteiger partial charge is 0.191 e. The second-order valence-corrected chi connectivity index (χ2v) is 11.0. The molecule has 0 unspecified atom stereocenters. The van der Waals surface area contributed by atoms with Gasteiger partial charge in [-0.05, 0) is 23.3 Å². The van der Waals surface area contributed by atoms with Crippen LogP contribution >= 0.6 is 11.3 Å². The van der Waals surface area contributed by atoms with Gasteiger partial charge in [0, 0.05) is 43.6 Å². The maximum absolute atomic E-state index is 13.6. The fourth-order valence-electron chi connectivity index (χ4n) is 2.64. The van der Waals surface area contributed by atoms with Crippen molar-refractivity contribution in [1.29, 1.82) is 0 Å². The molecule has 1 heterocycles. The Labute approximate surface area is 176 Å². The minimum Gasteiger partial charge on any atom is -0.356 e. The van der Waals surface area contributed by atoms with Gasteiger partial charge in [0.1, 0.15) is 5.82 Å². The molecule has 0 saturated heterocycles. The average molecular weight is 441 g/mol. The Hall–Kier alpha value is -2.00. The van der Waals surface area contributed by atoms with Gasteiger partial charge in [-0.15, -0.1) is 11.3 Å². The molecule has 0 aliphatic carbocycles. The van der Waals surface area contributed by atoms with Gasteiger partial charge in [-0.25, -0.2) is 17.8 Å². The van der Waals surface area contributed by atoms with Gasteiger partial charge in [0.15, 0.2) is 15.8 Å². The molecule has 6 nitrogen and oxygen atoms in total. The third-order valence-corrected chi connectivity index (χ3v) is 5.95. The molecule has 1 aromatic carbocycles. The highest BCUT2D eigenvalue weighted by molar-refractivity contribution is 7.89. The van der Waals surface area contributed by atoms with Gasteiger partial charge in [0.2, 0.25) is 0 Å². The van der Waals surface area contributed by atoms with Crippen LogP contribution in [0.4, 0.5) is 4.39 Å². The van der Waals surface area contributed by atoms with Crippen LogP contribution in [0.5, 0.6) is 0 Å². The molecule has 0 spiro atoms. The number of nitrogens with zero attached hydrogens (tertiary/aromatic N) is 2. The zero-order valence-corrected chi connectivity index (χ0v) is 19.2. The van der Waals surface area contributed by atoms with E-state index in [4.69, 9.17) is 0 Å². The average Bonchev–Trinajstić information content (AvgIpc) is 3.08. The van der Waals surface area contributed by atoms with E-state index in [0.29, 0.717) is 23.6 Å². The molecule has 2 N–H and O–H groups in total. The lowest BCUT2D eigenvalue weighted by Gasteiger charge is -2.15. The number of benzene rings is 1. The number of sulfone groups is 1. The van der Waals surface area contributed by atoms with Crippen LogP contribution in [0, 0.1) is 5.82 Å². The molecule has 0 fully saturated rings. The summed E-state index contributed by atoms with van der Waals surface area (Å²) >= 11 is 1.64. The fourth-order valence-corrected chi connectivity index (χ4v) is 4.51. The summed E-state index contributed by atoms with van der Waals surface area (Å²) in [4.78, 5) is 8.84. The normalized spacial score (nSPS) is 12.8. The van der Waals surface area contributed by atoms with Crippen LogP contribution < -0.4 is 10.6 Å². The second-order valence-electron chi connectivity index (χ2n) is 7.96. The molecule has 0 radical (unpaired) electrons. The van der Waals surface area contributed by atoms with Crippen molar-refractivity contribution in [3.63, 3.8) is 0 Å². The van der Waals surface area contributed by atoms with E-state index >= 15 is 0 Å². The number of rotatable bonds is 7. The van der Waals surface area contributed by atoms with Crippen molar-refractivity contribution in [2.45, 2.75) is 44.9 Å². The van der Waals surface area contributed by atoms with E-state index in [1.807, 2.05) is 0 Å². The molecule has 0 atom stereocenters. The highest BCUT2D eigenvalue weighted by atomic mass is 32.2. The molecule has 0 aliphatic heterocycles. The van der Waals surface area contributed by atoms with Crippen LogP contribution in [0.3, 0.4) is 0 Å². The van der Waals surface area contributed by atoms with E-state index in [2.05, 4.69) is 46.8 Å². The quantitative estimate of drug-likeness (QED) is 0.511. The predicted molar refractivity (Wildman–Crippen MR) is 118 cm³/mol. The molecule has 29 heavy (non-hydrogen) atoms. The summed E-state index contributed by atoms with van der Waals surface area (Å²) in [7, 11) is -1.56. The highest BCUT2D eigenvalue weighted by Crippen LogP contribution is 2.23. The van der Waals surface area contributed by atoms with E-state index in [0.717, 1.165) is 23.4 Å². The van der Waals surface area contributed by atoms with Gasteiger partial charge in [0.25, 0.3) is 0 Å². The number of halogens is 1. The Kier molecular flexibility index (Phi) is 7.76. The fraction of sp³-hybridized carbons (Fsp3) is 0.500. The highest BCUT2D eigenvalue weighted by Gasteiger charge is 2.17. The molecule has 0 amide bonds. The summed E-state index contributed by atoms with van der Waals surface area (Å²) in [5, 5.41) is 9.47. The molecule has 160 valence electrons. The largest absolute Gasteiger partial charge is 0.356 e. The van der Waals surface area contributed by atoms with E-state index in [-0.39, 0.29) is 17.7 Å². The van der Waals surface area contributed by atoms with Crippen LogP contribution in [0.2, 0.25) is 0 Å². The number of nitrogens with one attached hydrogen (secondary N) is 2. The summed E-state index contributed by atoms with van der Waals surface area (Å²) in [6.07, 6.45) is 1.93. The summed E-state index contributed by atoms with van der Waals surface area (Å²) in [6.45, 7) is 7.34. The first-order valence-electron chi connectivity index (χ1n) is 9.32. The number of thiazole rings is 1. The topological polar surface area (TPSA) is 83.4 Å². The van der Waals surface area contributed by atoms with E-state index in [1.165, 1.54) is 18.2 Å². The monoisotopic (exact) mass is 440 g/mol. The Morgan fingerprint density at radius 2 is 1.97 bits per heavy atom. The number of hydrogen-bond acceptors (Lipinski definition) is 5. The van der Waals surface area contributed by atoms with Gasteiger partial charge in [-0.1, -0.05) is 26.8 Å². The SMILES string of the molecule is CN=C(NCCc1nc(C(C)(C)C)cs1)NCc1cc(F)ccc1CS(C)(=O)=O. The van der Waals surface area contributed by atoms with E-state index in [1.54, 1.807) is 18.4 Å². The van der Waals surface area contributed by atoms with Gasteiger partial charge in [0.05, 0.1) is 16.5 Å². The van der Waals surface area contributed by atoms with Gasteiger partial charge in [-0.3, -0.25) is 4.99 Å². The van der Waals surface area contributed by atoms with Gasteiger partial charge >= 0.3 is 0 Å². The third-order valence-electron chi connectivity index (χ3n) is 4.21. The Balaban J connectivity index is 1.93. The summed E-state index contributed by atoms with van der Waals surface area (Å²) < 4.78 is 36.9. The lowest BCUT2D eigenvalue weighted by molar-refractivity contribution is 0.570. The molecule has 9 heteroatoms. The molecule has 0 aliphatic rings. The van der Waals surface area contributed by atoms with Crippen LogP contribution in [0.25, 0.3) is 0 Å². The van der Waals surface area contributed by atoms with Crippen LogP contribution in [-0.4, -0.2) is 39.2 Å². The molecular formula is C20H29FN4O2S2. The number of aromatic nitrogens is 1. The standard InChI is InChI=1S/C20H29FN4O2S2/c1-20(2,3)17-12-28-18(25-17)8-9-23-19(22-4)24-11-15-10-16(21)7-6-14(15)13-29(5,26)27/h6-7,10,12H,8-9,11,13H2,1-5H3,(H2,22,23,24). The van der Waals surface area contributed by atoms with Crippen molar-refractivity contribution in [1.82, 2.24) is 15.6 Å². The molecule has 0 bridgehead atoms. The number of guanidine groups is 1. The van der Waals surface area contributed by atoms with Gasteiger partial charge < -0.3 is 10.6 Å². The number of hydrogen-bond donors (Lipinski definition) is 2. The van der Waals surface area contributed by atoms with Crippen LogP contribution in [0.15, 0.2) is 28.6 Å². The maximum Gasteiger partial charge on any atom is 0.191 e. The molecule has 2 aromatic rings. The van der Waals surface area contributed by atoms with Gasteiger partial charge in [-0.2, -0.15) is 0 Å². The molecule has 0 saturated carbocycles. The van der Waals surface area contributed by atoms with Crippen molar-refractivity contribution >= 4 is 27.1 Å². The van der Waals surface area contributed by atoms with Crippen molar-refractivity contribution in [2.24, 2.45) is 4.99 Å². The summed E-state index contributed by atoms with van der Waals surface area (Å²) in [5.41, 5.74) is 2.29. The molecular weight excluding hydrogens is 411 g/mol. The lowest BCUT2D eigenvalue weighted by Crippen LogP contribution is -2.38. The second kappa shape index (κ2) is 9.67. The maximum atomic E-state index is 13.6. The zero-order valence-electron chi connectivity index (χ0n) is 17.5. The van der Waals surface area contributed by atoms with Crippen molar-refractivity contribution < 1.29 is 12.8 Å².